The van der Waals surface area contributed by atoms with Gasteiger partial charge in [0.1, 0.15) is 11.4 Å². The third-order valence-electron chi connectivity index (χ3n) is 5.92. The zero-order valence-electron chi connectivity index (χ0n) is 21.8. The lowest BCUT2D eigenvalue weighted by atomic mass is 9.84. The normalized spacial score (nSPS) is 18.0. The van der Waals surface area contributed by atoms with E-state index in [-0.39, 0.29) is 43.1 Å². The molecule has 9 nitrogen and oxygen atoms in total. The van der Waals surface area contributed by atoms with Crippen molar-refractivity contribution >= 4 is 29.7 Å². The van der Waals surface area contributed by atoms with Gasteiger partial charge in [-0.2, -0.15) is 0 Å². The van der Waals surface area contributed by atoms with Gasteiger partial charge in [0.15, 0.2) is 0 Å². The summed E-state index contributed by atoms with van der Waals surface area (Å²) in [5.74, 6) is 0.234. The number of benzene rings is 1. The van der Waals surface area contributed by atoms with Crippen molar-refractivity contribution in [2.75, 3.05) is 5.32 Å². The molecule has 0 aliphatic carbocycles. The number of ether oxygens (including phenoxy) is 1. The third kappa shape index (κ3) is 7.37. The van der Waals surface area contributed by atoms with Gasteiger partial charge in [-0.15, -0.1) is 0 Å². The number of anilines is 1. The van der Waals surface area contributed by atoms with E-state index < -0.39 is 17.2 Å². The topological polar surface area (TPSA) is 113 Å². The molecule has 2 heterocycles. The second-order valence-corrected chi connectivity index (χ2v) is 10.5. The highest BCUT2D eigenvalue weighted by Crippen LogP contribution is 2.31. The van der Waals surface area contributed by atoms with E-state index in [0.29, 0.717) is 5.82 Å². The summed E-state index contributed by atoms with van der Waals surface area (Å²) in [5, 5.41) is 5.47. The van der Waals surface area contributed by atoms with Crippen molar-refractivity contribution in [3.8, 4) is 0 Å². The fourth-order valence-corrected chi connectivity index (χ4v) is 3.64. The van der Waals surface area contributed by atoms with Crippen LogP contribution in [0, 0.1) is 5.92 Å². The average molecular weight is 494 g/mol. The summed E-state index contributed by atoms with van der Waals surface area (Å²) in [5.41, 5.74) is 0.257. The van der Waals surface area contributed by atoms with Gasteiger partial charge in [0, 0.05) is 6.20 Å². The number of carbonyl (C=O) groups is 3. The minimum absolute atomic E-state index is 0.0754. The molecule has 0 unspecified atom stereocenters. The van der Waals surface area contributed by atoms with Crippen molar-refractivity contribution in [1.29, 1.82) is 0 Å². The maximum Gasteiger partial charge on any atom is 0.414 e. The molecule has 3 rings (SSSR count). The summed E-state index contributed by atoms with van der Waals surface area (Å²) in [6.45, 7) is 11.3. The number of rotatable bonds is 6. The number of aliphatic imine (C=N–C) groups is 1. The van der Waals surface area contributed by atoms with Crippen LogP contribution >= 0.6 is 0 Å². The molecular weight excluding hydrogens is 458 g/mol. The molecule has 0 saturated heterocycles. The Balaban J connectivity index is 1.79. The van der Waals surface area contributed by atoms with Gasteiger partial charge in [-0.1, -0.05) is 44.2 Å². The number of nitrogens with one attached hydrogen (secondary N) is 2. The Morgan fingerprint density at radius 3 is 2.44 bits per heavy atom. The molecule has 9 heteroatoms. The standard InChI is InChI=1S/C27H35N5O4/c1-18(2)27(6)16-23(34)32(24(31-27)30-25(35)36-26(3,4)5)17-20-12-13-28-21(14-20)29-22(33)15-19-10-8-7-9-11-19/h7-14,18H,15-17H2,1-6H3,(H,28,29,33)(H,30,31,35)/t27-/m0/s1. The van der Waals surface area contributed by atoms with Crippen LogP contribution in [0.25, 0.3) is 0 Å². The monoisotopic (exact) mass is 493 g/mol. The molecule has 0 spiro atoms. The van der Waals surface area contributed by atoms with E-state index in [1.54, 1.807) is 39.1 Å². The van der Waals surface area contributed by atoms with Crippen LogP contribution < -0.4 is 10.6 Å². The van der Waals surface area contributed by atoms with Crippen LogP contribution in [0.4, 0.5) is 10.6 Å². The lowest BCUT2D eigenvalue weighted by molar-refractivity contribution is -0.130. The highest BCUT2D eigenvalue weighted by Gasteiger charge is 2.40. The number of hydrogen-bond acceptors (Lipinski definition) is 6. The number of amides is 3. The highest BCUT2D eigenvalue weighted by atomic mass is 16.6. The minimum Gasteiger partial charge on any atom is -0.444 e. The minimum atomic E-state index is -0.701. The van der Waals surface area contributed by atoms with Crippen LogP contribution in [-0.4, -0.2) is 44.9 Å². The van der Waals surface area contributed by atoms with Gasteiger partial charge in [-0.05, 0) is 56.9 Å². The van der Waals surface area contributed by atoms with Crippen LogP contribution in [0.15, 0.2) is 53.7 Å². The number of alkyl carbamates (subject to hydrolysis) is 1. The van der Waals surface area contributed by atoms with Crippen molar-refractivity contribution in [2.45, 2.75) is 72.1 Å². The molecule has 192 valence electrons. The van der Waals surface area contributed by atoms with E-state index in [0.717, 1.165) is 11.1 Å². The quantitative estimate of drug-likeness (QED) is 0.623. The van der Waals surface area contributed by atoms with E-state index in [9.17, 15) is 14.4 Å². The highest BCUT2D eigenvalue weighted by molar-refractivity contribution is 6.05. The molecule has 1 atom stereocenters. The maximum absolute atomic E-state index is 13.2. The summed E-state index contributed by atoms with van der Waals surface area (Å²) in [4.78, 5) is 48.6. The molecule has 2 aromatic rings. The van der Waals surface area contributed by atoms with Gasteiger partial charge in [-0.3, -0.25) is 19.8 Å². The summed E-state index contributed by atoms with van der Waals surface area (Å²) >= 11 is 0. The Labute approximate surface area is 212 Å². The molecule has 1 aromatic heterocycles. The molecule has 36 heavy (non-hydrogen) atoms. The number of guanidine groups is 1. The molecule has 0 bridgehead atoms. The second kappa shape index (κ2) is 10.9. The SMILES string of the molecule is CC(C)[C@]1(C)CC(=O)N(Cc2ccnc(NC(=O)Cc3ccccc3)c2)C(NC(=O)OC(C)(C)C)=N1. The van der Waals surface area contributed by atoms with Crippen LogP contribution in [-0.2, 0) is 27.3 Å². The van der Waals surface area contributed by atoms with Crippen molar-refractivity contribution < 1.29 is 19.1 Å². The Morgan fingerprint density at radius 1 is 1.11 bits per heavy atom. The zero-order chi connectivity index (χ0) is 26.5. The number of aromatic nitrogens is 1. The third-order valence-corrected chi connectivity index (χ3v) is 5.92. The first-order chi connectivity index (χ1) is 16.8. The number of carbonyl (C=O) groups excluding carboxylic acids is 3. The van der Waals surface area contributed by atoms with Crippen LogP contribution in [0.1, 0.15) is 59.1 Å². The van der Waals surface area contributed by atoms with Gasteiger partial charge in [-0.25, -0.2) is 14.8 Å². The molecule has 1 aliphatic heterocycles. The maximum atomic E-state index is 13.2. The van der Waals surface area contributed by atoms with E-state index in [1.807, 2.05) is 51.1 Å². The molecule has 0 saturated carbocycles. The van der Waals surface area contributed by atoms with E-state index >= 15 is 0 Å². The second-order valence-electron chi connectivity index (χ2n) is 10.5. The molecular formula is C27H35N5O4. The predicted molar refractivity (Wildman–Crippen MR) is 138 cm³/mol. The first-order valence-corrected chi connectivity index (χ1v) is 12.0. The molecule has 1 aliphatic rings. The van der Waals surface area contributed by atoms with Gasteiger partial charge < -0.3 is 10.1 Å². The van der Waals surface area contributed by atoms with Gasteiger partial charge >= 0.3 is 6.09 Å². The molecule has 0 radical (unpaired) electrons. The molecule has 1 aromatic carbocycles. The summed E-state index contributed by atoms with van der Waals surface area (Å²) in [7, 11) is 0. The Morgan fingerprint density at radius 2 is 1.81 bits per heavy atom. The summed E-state index contributed by atoms with van der Waals surface area (Å²) < 4.78 is 5.39. The van der Waals surface area contributed by atoms with Gasteiger partial charge in [0.05, 0.1) is 24.9 Å². The molecule has 0 fully saturated rings. The molecule has 3 amide bonds. The Hall–Kier alpha value is -3.75. The van der Waals surface area contributed by atoms with Crippen LogP contribution in [0.3, 0.4) is 0 Å². The zero-order valence-corrected chi connectivity index (χ0v) is 21.8. The lowest BCUT2D eigenvalue weighted by Gasteiger charge is -2.38. The summed E-state index contributed by atoms with van der Waals surface area (Å²) in [6, 6.07) is 12.9. The number of nitrogens with zero attached hydrogens (tertiary/aromatic N) is 3. The lowest BCUT2D eigenvalue weighted by Crippen LogP contribution is -2.55. The van der Waals surface area contributed by atoms with Crippen molar-refractivity contribution in [3.63, 3.8) is 0 Å². The van der Waals surface area contributed by atoms with Gasteiger partial charge in [0.25, 0.3) is 0 Å². The average Bonchev–Trinajstić information content (AvgIpc) is 2.75. The first kappa shape index (κ1) is 26.8. The summed E-state index contributed by atoms with van der Waals surface area (Å²) in [6.07, 6.45) is 1.31. The van der Waals surface area contributed by atoms with Crippen molar-refractivity contribution in [2.24, 2.45) is 10.9 Å². The Bertz CT molecular complexity index is 1140. The fraction of sp³-hybridized carbons (Fsp3) is 0.444. The van der Waals surface area contributed by atoms with Crippen LogP contribution in [0.5, 0.6) is 0 Å². The largest absolute Gasteiger partial charge is 0.444 e. The van der Waals surface area contributed by atoms with Crippen LogP contribution in [0.2, 0.25) is 0 Å². The Kier molecular flexibility index (Phi) is 8.12. The fourth-order valence-electron chi connectivity index (χ4n) is 3.64. The van der Waals surface area contributed by atoms with Crippen molar-refractivity contribution in [1.82, 2.24) is 15.2 Å². The number of hydrogen-bond donors (Lipinski definition) is 2. The van der Waals surface area contributed by atoms with Gasteiger partial charge in [0.2, 0.25) is 17.8 Å². The predicted octanol–water partition coefficient (Wildman–Crippen LogP) is 4.29. The van der Waals surface area contributed by atoms with E-state index in [2.05, 4.69) is 15.6 Å². The first-order valence-electron chi connectivity index (χ1n) is 12.0. The van der Waals surface area contributed by atoms with E-state index in [1.165, 1.54) is 4.90 Å². The van der Waals surface area contributed by atoms with Crippen molar-refractivity contribution in [3.05, 3.63) is 59.8 Å². The smallest absolute Gasteiger partial charge is 0.414 e. The molecule has 2 N–H and O–H groups in total. The van der Waals surface area contributed by atoms with E-state index in [4.69, 9.17) is 9.73 Å². The number of pyridine rings is 1.